The Labute approximate surface area is 116 Å². The molecule has 0 aliphatic carbocycles. The lowest BCUT2D eigenvalue weighted by Crippen LogP contribution is -2.41. The van der Waals surface area contributed by atoms with E-state index < -0.39 is 30.7 Å². The molecular formula is C10H11BrClF3N2O. The standard InChI is InChI=1S/C10H10BrF3N2O.ClH/c11-6-1-2-7(8(12)3-6)9(17)16-5-10(13,14)4-15;/h1-3H,4-5,15H2,(H,16,17);1H. The van der Waals surface area contributed by atoms with E-state index in [1.807, 2.05) is 5.32 Å². The number of hydrogen-bond donors (Lipinski definition) is 2. The average molecular weight is 348 g/mol. The highest BCUT2D eigenvalue weighted by Crippen LogP contribution is 2.15. The van der Waals surface area contributed by atoms with Crippen molar-refractivity contribution in [1.82, 2.24) is 5.32 Å². The zero-order valence-electron chi connectivity index (χ0n) is 9.05. The van der Waals surface area contributed by atoms with Gasteiger partial charge in [0.05, 0.1) is 18.7 Å². The Morgan fingerprint density at radius 3 is 2.56 bits per heavy atom. The van der Waals surface area contributed by atoms with Gasteiger partial charge in [0, 0.05) is 4.47 Å². The van der Waals surface area contributed by atoms with E-state index in [2.05, 4.69) is 15.9 Å². The van der Waals surface area contributed by atoms with Crippen LogP contribution in [0.1, 0.15) is 10.4 Å². The van der Waals surface area contributed by atoms with E-state index in [1.54, 1.807) is 0 Å². The Morgan fingerprint density at radius 2 is 2.06 bits per heavy atom. The maximum absolute atomic E-state index is 13.3. The Kier molecular flexibility index (Phi) is 6.66. The molecule has 0 heterocycles. The van der Waals surface area contributed by atoms with Gasteiger partial charge in [-0.15, -0.1) is 12.4 Å². The van der Waals surface area contributed by atoms with Crippen molar-refractivity contribution in [3.8, 4) is 0 Å². The van der Waals surface area contributed by atoms with Gasteiger partial charge < -0.3 is 11.1 Å². The van der Waals surface area contributed by atoms with Gasteiger partial charge >= 0.3 is 0 Å². The summed E-state index contributed by atoms with van der Waals surface area (Å²) in [4.78, 5) is 11.4. The van der Waals surface area contributed by atoms with Crippen molar-refractivity contribution < 1.29 is 18.0 Å². The van der Waals surface area contributed by atoms with Crippen molar-refractivity contribution in [2.24, 2.45) is 5.73 Å². The minimum Gasteiger partial charge on any atom is -0.346 e. The van der Waals surface area contributed by atoms with Gasteiger partial charge in [0.1, 0.15) is 5.82 Å². The summed E-state index contributed by atoms with van der Waals surface area (Å²) in [7, 11) is 0. The predicted octanol–water partition coefficient (Wildman–Crippen LogP) is 2.33. The molecule has 18 heavy (non-hydrogen) atoms. The van der Waals surface area contributed by atoms with Crippen molar-refractivity contribution in [3.05, 3.63) is 34.1 Å². The molecule has 0 saturated heterocycles. The quantitative estimate of drug-likeness (QED) is 0.878. The Hall–Kier alpha value is -0.790. The number of halogens is 5. The summed E-state index contributed by atoms with van der Waals surface area (Å²) in [5, 5.41) is 1.93. The number of carbonyl (C=O) groups excluding carboxylic acids is 1. The van der Waals surface area contributed by atoms with Gasteiger partial charge in [0.2, 0.25) is 0 Å². The molecule has 3 N–H and O–H groups in total. The van der Waals surface area contributed by atoms with E-state index in [1.165, 1.54) is 12.1 Å². The lowest BCUT2D eigenvalue weighted by molar-refractivity contribution is 0.0118. The summed E-state index contributed by atoms with van der Waals surface area (Å²) in [6, 6.07) is 3.73. The monoisotopic (exact) mass is 346 g/mol. The Balaban J connectivity index is 0.00000289. The van der Waals surface area contributed by atoms with Gasteiger partial charge in [-0.2, -0.15) is 0 Å². The van der Waals surface area contributed by atoms with E-state index in [9.17, 15) is 18.0 Å². The minimum atomic E-state index is -3.19. The van der Waals surface area contributed by atoms with Crippen LogP contribution in [0.4, 0.5) is 13.2 Å². The average Bonchev–Trinajstić information content (AvgIpc) is 2.26. The normalized spacial score (nSPS) is 10.7. The van der Waals surface area contributed by atoms with Gasteiger partial charge in [0.15, 0.2) is 0 Å². The van der Waals surface area contributed by atoms with Crippen LogP contribution in [-0.4, -0.2) is 24.9 Å². The van der Waals surface area contributed by atoms with Gasteiger partial charge in [-0.05, 0) is 18.2 Å². The van der Waals surface area contributed by atoms with Crippen molar-refractivity contribution in [3.63, 3.8) is 0 Å². The first-order chi connectivity index (χ1) is 7.85. The Bertz CT molecular complexity index is 432. The third-order valence-electron chi connectivity index (χ3n) is 1.98. The molecule has 1 aromatic rings. The number of benzene rings is 1. The van der Waals surface area contributed by atoms with E-state index in [-0.39, 0.29) is 18.0 Å². The van der Waals surface area contributed by atoms with Crippen molar-refractivity contribution in [1.29, 1.82) is 0 Å². The van der Waals surface area contributed by atoms with Gasteiger partial charge in [0.25, 0.3) is 11.8 Å². The number of nitrogens with two attached hydrogens (primary N) is 1. The van der Waals surface area contributed by atoms with E-state index >= 15 is 0 Å². The van der Waals surface area contributed by atoms with Crippen molar-refractivity contribution in [2.45, 2.75) is 5.92 Å². The molecule has 1 rings (SSSR count). The molecule has 0 atom stereocenters. The molecule has 0 fully saturated rings. The molecule has 0 spiro atoms. The van der Waals surface area contributed by atoms with Crippen LogP contribution in [0.3, 0.4) is 0 Å². The number of hydrogen-bond acceptors (Lipinski definition) is 2. The number of nitrogens with one attached hydrogen (secondary N) is 1. The SMILES string of the molecule is Cl.NCC(F)(F)CNC(=O)c1ccc(Br)cc1F. The van der Waals surface area contributed by atoms with Crippen molar-refractivity contribution in [2.75, 3.05) is 13.1 Å². The highest BCUT2D eigenvalue weighted by molar-refractivity contribution is 9.10. The van der Waals surface area contributed by atoms with Crippen LogP contribution in [0.5, 0.6) is 0 Å². The van der Waals surface area contributed by atoms with Crippen LogP contribution in [0.25, 0.3) is 0 Å². The molecule has 102 valence electrons. The largest absolute Gasteiger partial charge is 0.346 e. The summed E-state index contributed by atoms with van der Waals surface area (Å²) in [6.45, 7) is -1.80. The first-order valence-electron chi connectivity index (χ1n) is 4.67. The van der Waals surface area contributed by atoms with Crippen LogP contribution in [0.2, 0.25) is 0 Å². The van der Waals surface area contributed by atoms with E-state index in [0.717, 1.165) is 6.07 Å². The van der Waals surface area contributed by atoms with E-state index in [4.69, 9.17) is 5.73 Å². The lowest BCUT2D eigenvalue weighted by Gasteiger charge is -2.14. The number of rotatable bonds is 4. The highest BCUT2D eigenvalue weighted by Gasteiger charge is 2.27. The number of amides is 1. The van der Waals surface area contributed by atoms with Crippen LogP contribution in [-0.2, 0) is 0 Å². The fourth-order valence-electron chi connectivity index (χ4n) is 1.05. The molecule has 0 aromatic heterocycles. The van der Waals surface area contributed by atoms with Crippen molar-refractivity contribution >= 4 is 34.2 Å². The van der Waals surface area contributed by atoms with Crippen LogP contribution >= 0.6 is 28.3 Å². The molecular weight excluding hydrogens is 336 g/mol. The second kappa shape index (κ2) is 6.96. The third kappa shape index (κ3) is 4.83. The smallest absolute Gasteiger partial charge is 0.277 e. The van der Waals surface area contributed by atoms with Gasteiger partial charge in [-0.25, -0.2) is 13.2 Å². The first-order valence-corrected chi connectivity index (χ1v) is 5.46. The molecule has 0 unspecified atom stereocenters. The highest BCUT2D eigenvalue weighted by atomic mass is 79.9. The zero-order chi connectivity index (χ0) is 13.1. The maximum atomic E-state index is 13.3. The summed E-state index contributed by atoms with van der Waals surface area (Å²) in [5.74, 6) is -4.88. The molecule has 3 nitrogen and oxygen atoms in total. The molecule has 8 heteroatoms. The molecule has 0 aliphatic rings. The molecule has 0 aliphatic heterocycles. The molecule has 0 bridgehead atoms. The second-order valence-electron chi connectivity index (χ2n) is 3.37. The van der Waals surface area contributed by atoms with Crippen LogP contribution in [0.15, 0.2) is 22.7 Å². The minimum absolute atomic E-state index is 0. The Morgan fingerprint density at radius 1 is 1.44 bits per heavy atom. The van der Waals surface area contributed by atoms with Crippen LogP contribution < -0.4 is 11.1 Å². The molecule has 1 aromatic carbocycles. The maximum Gasteiger partial charge on any atom is 0.277 e. The summed E-state index contributed by atoms with van der Waals surface area (Å²) in [6.07, 6.45) is 0. The van der Waals surface area contributed by atoms with Gasteiger partial charge in [-0.3, -0.25) is 4.79 Å². The molecule has 1 amide bonds. The zero-order valence-corrected chi connectivity index (χ0v) is 11.5. The molecule has 0 saturated carbocycles. The number of alkyl halides is 2. The summed E-state index contributed by atoms with van der Waals surface area (Å²) < 4.78 is 39.3. The first kappa shape index (κ1) is 17.2. The second-order valence-corrected chi connectivity index (χ2v) is 4.28. The fourth-order valence-corrected chi connectivity index (χ4v) is 1.38. The lowest BCUT2D eigenvalue weighted by atomic mass is 10.2. The topological polar surface area (TPSA) is 55.1 Å². The van der Waals surface area contributed by atoms with E-state index in [0.29, 0.717) is 4.47 Å². The molecule has 0 radical (unpaired) electrons. The summed E-state index contributed by atoms with van der Waals surface area (Å²) in [5.41, 5.74) is 4.51. The van der Waals surface area contributed by atoms with Crippen LogP contribution in [0, 0.1) is 5.82 Å². The summed E-state index contributed by atoms with van der Waals surface area (Å²) >= 11 is 3.02. The van der Waals surface area contributed by atoms with Gasteiger partial charge in [-0.1, -0.05) is 15.9 Å². The predicted molar refractivity (Wildman–Crippen MR) is 67.7 cm³/mol. The fraction of sp³-hybridized carbons (Fsp3) is 0.300. The third-order valence-corrected chi connectivity index (χ3v) is 2.48. The number of carbonyl (C=O) groups is 1.